The lowest BCUT2D eigenvalue weighted by molar-refractivity contribution is -0.376. The van der Waals surface area contributed by atoms with E-state index >= 15 is 0 Å². The maximum Gasteiger partial charge on any atom is 0.430 e. The first-order valence-corrected chi connectivity index (χ1v) is 13.4. The van der Waals surface area contributed by atoms with E-state index in [2.05, 4.69) is 15.9 Å². The largest absolute Gasteiger partial charge is 0.491 e. The van der Waals surface area contributed by atoms with E-state index in [0.717, 1.165) is 11.6 Å². The molecule has 0 aliphatic carbocycles. The zero-order valence-electron chi connectivity index (χ0n) is 21.9. The van der Waals surface area contributed by atoms with Gasteiger partial charge in [-0.25, -0.2) is 0 Å². The van der Waals surface area contributed by atoms with Crippen LogP contribution in [0.5, 0.6) is 5.75 Å². The zero-order chi connectivity index (χ0) is 30.3. The van der Waals surface area contributed by atoms with Gasteiger partial charge in [0.05, 0.1) is 18.9 Å². The van der Waals surface area contributed by atoms with Crippen LogP contribution in [0.3, 0.4) is 0 Å². The van der Waals surface area contributed by atoms with Crippen molar-refractivity contribution >= 4 is 27.5 Å². The van der Waals surface area contributed by atoms with Gasteiger partial charge in [0.25, 0.3) is 11.5 Å². The van der Waals surface area contributed by atoms with E-state index in [1.54, 1.807) is 12.1 Å². The molecule has 3 aromatic rings. The molecule has 0 unspecified atom stereocenters. The van der Waals surface area contributed by atoms with Gasteiger partial charge >= 0.3 is 12.4 Å². The van der Waals surface area contributed by atoms with Crippen molar-refractivity contribution in [3.05, 3.63) is 94.0 Å². The van der Waals surface area contributed by atoms with Gasteiger partial charge in [-0.3, -0.25) is 4.79 Å². The third-order valence-electron chi connectivity index (χ3n) is 6.17. The molecule has 0 aliphatic heterocycles. The van der Waals surface area contributed by atoms with E-state index < -0.39 is 29.4 Å². The number of unbranched alkanes of at least 4 members (excludes halogenated alkanes) is 1. The molecule has 0 radical (unpaired) electrons. The van der Waals surface area contributed by atoms with Gasteiger partial charge in [0.15, 0.2) is 0 Å². The Morgan fingerprint density at radius 2 is 1.54 bits per heavy atom. The van der Waals surface area contributed by atoms with E-state index in [1.807, 2.05) is 37.3 Å². The van der Waals surface area contributed by atoms with Crippen molar-refractivity contribution in [1.82, 2.24) is 0 Å². The summed E-state index contributed by atoms with van der Waals surface area (Å²) in [7, 11) is 0. The van der Waals surface area contributed by atoms with Gasteiger partial charge in [-0.2, -0.15) is 26.3 Å². The summed E-state index contributed by atoms with van der Waals surface area (Å²) in [5.74, 6) is -0.0411. The van der Waals surface area contributed by atoms with Gasteiger partial charge in [0.2, 0.25) is 0 Å². The summed E-state index contributed by atoms with van der Waals surface area (Å²) in [6.45, 7) is 3.05. The summed E-state index contributed by atoms with van der Waals surface area (Å²) >= 11 is 3.00. The maximum absolute atomic E-state index is 13.4. The SMILES string of the molecule is CCCCN(C(=O)c1ccc(OCCOCc2ccccc2)cc1)c1ccc(C(O)(C(F)(F)F)C(F)(F)F)cc1Br. The molecular formula is C29H28BrF6NO4. The Hall–Kier alpha value is -3.09. The third-order valence-corrected chi connectivity index (χ3v) is 6.80. The summed E-state index contributed by atoms with van der Waals surface area (Å²) in [4.78, 5) is 14.6. The molecule has 1 amide bonds. The normalized spacial score (nSPS) is 12.3. The fraction of sp³-hybridized carbons (Fsp3) is 0.345. The number of amides is 1. The number of anilines is 1. The highest BCUT2D eigenvalue weighted by Gasteiger charge is 2.71. The monoisotopic (exact) mass is 647 g/mol. The van der Waals surface area contributed by atoms with Crippen LogP contribution in [-0.4, -0.2) is 43.1 Å². The first-order chi connectivity index (χ1) is 19.3. The van der Waals surface area contributed by atoms with Crippen LogP contribution in [0.15, 0.2) is 77.3 Å². The van der Waals surface area contributed by atoms with Crippen LogP contribution >= 0.6 is 15.9 Å². The minimum absolute atomic E-state index is 0.0507. The lowest BCUT2D eigenvalue weighted by atomic mass is 9.92. The molecule has 0 atom stereocenters. The number of nitrogens with zero attached hydrogens (tertiary/aromatic N) is 1. The molecule has 0 saturated heterocycles. The highest BCUT2D eigenvalue weighted by molar-refractivity contribution is 9.10. The predicted molar refractivity (Wildman–Crippen MR) is 145 cm³/mol. The molecule has 0 saturated carbocycles. The lowest BCUT2D eigenvalue weighted by Crippen LogP contribution is -2.53. The number of alkyl halides is 6. The Morgan fingerprint density at radius 1 is 0.902 bits per heavy atom. The number of halogens is 7. The summed E-state index contributed by atoms with van der Waals surface area (Å²) in [5.41, 5.74) is -5.20. The highest BCUT2D eigenvalue weighted by Crippen LogP contribution is 2.51. The molecule has 5 nitrogen and oxygen atoms in total. The van der Waals surface area contributed by atoms with Gasteiger partial charge in [-0.15, -0.1) is 0 Å². The van der Waals surface area contributed by atoms with E-state index in [1.165, 1.54) is 17.0 Å². The van der Waals surface area contributed by atoms with Crippen molar-refractivity contribution in [2.45, 2.75) is 44.3 Å². The second kappa shape index (κ2) is 13.7. The molecule has 222 valence electrons. The highest BCUT2D eigenvalue weighted by atomic mass is 79.9. The molecule has 0 spiro atoms. The number of carbonyl (C=O) groups excluding carboxylic acids is 1. The predicted octanol–water partition coefficient (Wildman–Crippen LogP) is 7.80. The number of carbonyl (C=O) groups is 1. The van der Waals surface area contributed by atoms with Crippen LogP contribution in [-0.2, 0) is 16.9 Å². The van der Waals surface area contributed by atoms with Crippen LogP contribution in [0.25, 0.3) is 0 Å². The topological polar surface area (TPSA) is 59.0 Å². The molecule has 3 rings (SSSR count). The molecule has 0 heterocycles. The van der Waals surface area contributed by atoms with E-state index in [4.69, 9.17) is 9.47 Å². The van der Waals surface area contributed by atoms with Gasteiger partial charge < -0.3 is 19.5 Å². The first-order valence-electron chi connectivity index (χ1n) is 12.6. The number of benzene rings is 3. The maximum atomic E-state index is 13.4. The molecule has 3 aromatic carbocycles. The lowest BCUT2D eigenvalue weighted by Gasteiger charge is -2.33. The van der Waals surface area contributed by atoms with Crippen molar-refractivity contribution in [2.24, 2.45) is 0 Å². The molecule has 0 aromatic heterocycles. The number of ether oxygens (including phenoxy) is 2. The van der Waals surface area contributed by atoms with E-state index in [9.17, 15) is 36.2 Å². The van der Waals surface area contributed by atoms with Crippen molar-refractivity contribution in [3.8, 4) is 5.75 Å². The fourth-order valence-electron chi connectivity index (χ4n) is 3.92. The van der Waals surface area contributed by atoms with Crippen LogP contribution < -0.4 is 9.64 Å². The minimum atomic E-state index is -6.03. The molecule has 41 heavy (non-hydrogen) atoms. The van der Waals surface area contributed by atoms with Crippen molar-refractivity contribution in [1.29, 1.82) is 0 Å². The summed E-state index contributed by atoms with van der Waals surface area (Å²) < 4.78 is 91.1. The molecule has 12 heteroatoms. The number of hydrogen-bond acceptors (Lipinski definition) is 4. The van der Waals surface area contributed by atoms with Crippen molar-refractivity contribution in [2.75, 3.05) is 24.7 Å². The molecule has 1 N–H and O–H groups in total. The van der Waals surface area contributed by atoms with E-state index in [-0.39, 0.29) is 28.9 Å². The van der Waals surface area contributed by atoms with Crippen molar-refractivity contribution in [3.63, 3.8) is 0 Å². The zero-order valence-corrected chi connectivity index (χ0v) is 23.5. The van der Waals surface area contributed by atoms with Crippen LogP contribution in [0.4, 0.5) is 32.0 Å². The van der Waals surface area contributed by atoms with Gasteiger partial charge in [-0.05, 0) is 64.3 Å². The fourth-order valence-corrected chi connectivity index (χ4v) is 4.51. The first kappa shape index (κ1) is 32.4. The third kappa shape index (κ3) is 7.81. The molecule has 0 bridgehead atoms. The molecule has 0 aliphatic rings. The number of aliphatic hydroxyl groups is 1. The number of rotatable bonds is 12. The van der Waals surface area contributed by atoms with Crippen LogP contribution in [0.1, 0.15) is 41.3 Å². The standard InChI is InChI=1S/C29H28BrF6NO4/c1-2-3-15-37(25-14-11-22(18-24(25)30)27(39,28(31,32)33)29(34,35)36)26(38)21-9-12-23(13-10-21)41-17-16-40-19-20-7-5-4-6-8-20/h4-14,18,39H,2-3,15-17,19H2,1H3. The van der Waals surface area contributed by atoms with Gasteiger partial charge in [-0.1, -0.05) is 49.7 Å². The second-order valence-electron chi connectivity index (χ2n) is 9.09. The van der Waals surface area contributed by atoms with Crippen LogP contribution in [0.2, 0.25) is 0 Å². The minimum Gasteiger partial charge on any atom is -0.491 e. The molecular weight excluding hydrogens is 620 g/mol. The smallest absolute Gasteiger partial charge is 0.430 e. The van der Waals surface area contributed by atoms with Crippen molar-refractivity contribution < 1.29 is 45.7 Å². The van der Waals surface area contributed by atoms with Gasteiger partial charge in [0.1, 0.15) is 12.4 Å². The van der Waals surface area contributed by atoms with Gasteiger partial charge in [0, 0.05) is 22.1 Å². The van der Waals surface area contributed by atoms with E-state index in [0.29, 0.717) is 43.9 Å². The quantitative estimate of drug-likeness (QED) is 0.161. The Morgan fingerprint density at radius 3 is 2.10 bits per heavy atom. The van der Waals surface area contributed by atoms with Crippen LogP contribution in [0, 0.1) is 0 Å². The second-order valence-corrected chi connectivity index (χ2v) is 9.95. The Balaban J connectivity index is 1.74. The molecule has 0 fully saturated rings. The summed E-state index contributed by atoms with van der Waals surface area (Å²) in [5, 5.41) is 9.74. The Labute approximate surface area is 241 Å². The Kier molecular flexibility index (Phi) is 10.8. The summed E-state index contributed by atoms with van der Waals surface area (Å²) in [6, 6.07) is 17.8. The summed E-state index contributed by atoms with van der Waals surface area (Å²) in [6.07, 6.45) is -10.9. The average molecular weight is 648 g/mol. The number of hydrogen-bond donors (Lipinski definition) is 1. The Bertz CT molecular complexity index is 1270. The average Bonchev–Trinajstić information content (AvgIpc) is 2.92.